The first kappa shape index (κ1) is 20.8. The van der Waals surface area contributed by atoms with Crippen LogP contribution in [0.4, 0.5) is 16.2 Å². The Hall–Kier alpha value is -2.05. The monoisotopic (exact) mass is 438 g/mol. The first-order valence-electron chi connectivity index (χ1n) is 11.7. The van der Waals surface area contributed by atoms with Gasteiger partial charge in [0.05, 0.1) is 11.4 Å². The van der Waals surface area contributed by atoms with E-state index in [2.05, 4.69) is 28.7 Å². The Balaban J connectivity index is 1.05. The zero-order valence-corrected chi connectivity index (χ0v) is 19.2. The molecular weight excluding hydrogens is 404 g/mol. The summed E-state index contributed by atoms with van der Waals surface area (Å²) in [6.07, 6.45) is 7.31. The Morgan fingerprint density at radius 3 is 2.65 bits per heavy atom. The second-order valence-electron chi connectivity index (χ2n) is 10.1. The number of benzene rings is 1. The number of likely N-dealkylation sites (tertiary alicyclic amines) is 1. The topological polar surface area (TPSA) is 61.6 Å². The molecule has 0 radical (unpaired) electrons. The lowest BCUT2D eigenvalue weighted by Crippen LogP contribution is -2.54. The van der Waals surface area contributed by atoms with E-state index in [-0.39, 0.29) is 6.03 Å². The molecule has 0 atom stereocenters. The Bertz CT molecular complexity index is 892. The fourth-order valence-corrected chi connectivity index (χ4v) is 6.50. The number of nitrogens with one attached hydrogen (secondary N) is 1. The van der Waals surface area contributed by atoms with Gasteiger partial charge in [-0.25, -0.2) is 4.79 Å². The smallest absolute Gasteiger partial charge is 0.321 e. The number of hydrogen-bond donors (Lipinski definition) is 2. The molecule has 31 heavy (non-hydrogen) atoms. The summed E-state index contributed by atoms with van der Waals surface area (Å²) in [7, 11) is 2.24. The summed E-state index contributed by atoms with van der Waals surface area (Å²) >= 11 is 1.68. The van der Waals surface area contributed by atoms with Crippen molar-refractivity contribution in [3.63, 3.8) is 0 Å². The molecule has 3 saturated carbocycles. The van der Waals surface area contributed by atoms with Crippen LogP contribution in [0.25, 0.3) is 10.4 Å². The Kier molecular flexibility index (Phi) is 5.93. The normalized spacial score (nSPS) is 25.2. The molecule has 2 heterocycles. The summed E-state index contributed by atoms with van der Waals surface area (Å²) < 4.78 is 0. The van der Waals surface area contributed by atoms with Gasteiger partial charge in [0.15, 0.2) is 0 Å². The summed E-state index contributed by atoms with van der Waals surface area (Å²) in [5.74, 6) is 3.63. The zero-order valence-electron chi connectivity index (χ0n) is 18.4. The van der Waals surface area contributed by atoms with E-state index >= 15 is 0 Å². The van der Waals surface area contributed by atoms with Gasteiger partial charge >= 0.3 is 6.03 Å². The van der Waals surface area contributed by atoms with Crippen molar-refractivity contribution in [2.45, 2.75) is 32.1 Å². The van der Waals surface area contributed by atoms with Crippen molar-refractivity contribution >= 4 is 28.7 Å². The number of anilines is 2. The average Bonchev–Trinajstić information content (AvgIpc) is 3.25. The van der Waals surface area contributed by atoms with Gasteiger partial charge in [-0.1, -0.05) is 12.1 Å². The van der Waals surface area contributed by atoms with Crippen LogP contribution in [0.5, 0.6) is 0 Å². The number of fused-ring (bicyclic) bond motifs is 2. The van der Waals surface area contributed by atoms with Crippen molar-refractivity contribution in [3.8, 4) is 10.4 Å². The number of rotatable bonds is 7. The minimum absolute atomic E-state index is 0.0460. The molecule has 6 heteroatoms. The number of urea groups is 1. The molecule has 0 unspecified atom stereocenters. The lowest BCUT2D eigenvalue weighted by molar-refractivity contribution is 0.0553. The summed E-state index contributed by atoms with van der Waals surface area (Å²) in [5, 5.41) is 5.07. The number of amides is 2. The Labute approximate surface area is 189 Å². The molecule has 1 aromatic carbocycles. The largest absolute Gasteiger partial charge is 0.397 e. The first-order chi connectivity index (χ1) is 15.0. The van der Waals surface area contributed by atoms with E-state index in [0.29, 0.717) is 17.3 Å². The molecular formula is C25H34N4OS. The highest BCUT2D eigenvalue weighted by Crippen LogP contribution is 2.49. The van der Waals surface area contributed by atoms with Crippen molar-refractivity contribution in [2.24, 2.45) is 23.7 Å². The molecule has 3 N–H and O–H groups in total. The zero-order chi connectivity index (χ0) is 21.4. The van der Waals surface area contributed by atoms with Crippen molar-refractivity contribution in [1.29, 1.82) is 0 Å². The van der Waals surface area contributed by atoms with E-state index in [9.17, 15) is 4.79 Å². The third kappa shape index (κ3) is 4.75. The van der Waals surface area contributed by atoms with Gasteiger partial charge in [-0.15, -0.1) is 11.3 Å². The van der Waals surface area contributed by atoms with Gasteiger partial charge < -0.3 is 20.9 Å². The summed E-state index contributed by atoms with van der Waals surface area (Å²) in [5.41, 5.74) is 8.49. The van der Waals surface area contributed by atoms with Crippen molar-refractivity contribution in [3.05, 3.63) is 35.7 Å². The van der Waals surface area contributed by atoms with E-state index in [1.807, 2.05) is 29.2 Å². The van der Waals surface area contributed by atoms with Crippen LogP contribution in [0.1, 0.15) is 32.1 Å². The molecule has 166 valence electrons. The molecule has 2 aromatic rings. The summed E-state index contributed by atoms with van der Waals surface area (Å²) in [4.78, 5) is 18.2. The van der Waals surface area contributed by atoms with Crippen LogP contribution < -0.4 is 11.1 Å². The quantitative estimate of drug-likeness (QED) is 0.583. The van der Waals surface area contributed by atoms with Crippen LogP contribution in [0.3, 0.4) is 0 Å². The maximum absolute atomic E-state index is 12.7. The van der Waals surface area contributed by atoms with Gasteiger partial charge in [0, 0.05) is 30.4 Å². The molecule has 6 rings (SSSR count). The predicted molar refractivity (Wildman–Crippen MR) is 129 cm³/mol. The third-order valence-electron chi connectivity index (χ3n) is 7.50. The molecule has 3 aliphatic carbocycles. The second-order valence-corrected chi connectivity index (χ2v) is 11.0. The Morgan fingerprint density at radius 1 is 1.16 bits per heavy atom. The number of nitrogens with two attached hydrogens (primary N) is 1. The molecule has 1 aliphatic heterocycles. The maximum Gasteiger partial charge on any atom is 0.321 e. The van der Waals surface area contributed by atoms with Crippen molar-refractivity contribution in [1.82, 2.24) is 9.80 Å². The van der Waals surface area contributed by atoms with Crippen LogP contribution in [0.2, 0.25) is 0 Å². The summed E-state index contributed by atoms with van der Waals surface area (Å²) in [6, 6.07) is 9.91. The minimum Gasteiger partial charge on any atom is -0.397 e. The van der Waals surface area contributed by atoms with E-state index in [1.54, 1.807) is 11.3 Å². The van der Waals surface area contributed by atoms with Crippen molar-refractivity contribution in [2.75, 3.05) is 44.3 Å². The number of carbonyl (C=O) groups excluding carboxylic acids is 1. The van der Waals surface area contributed by atoms with E-state index in [0.717, 1.165) is 43.0 Å². The van der Waals surface area contributed by atoms with E-state index < -0.39 is 0 Å². The maximum atomic E-state index is 12.7. The molecule has 1 saturated heterocycles. The van der Waals surface area contributed by atoms with Crippen LogP contribution >= 0.6 is 11.3 Å². The third-order valence-corrected chi connectivity index (χ3v) is 8.42. The minimum atomic E-state index is -0.0460. The van der Waals surface area contributed by atoms with Crippen LogP contribution in [-0.4, -0.2) is 49.1 Å². The lowest BCUT2D eigenvalue weighted by Gasteiger charge is -2.46. The number of carbonyl (C=O) groups is 1. The van der Waals surface area contributed by atoms with Gasteiger partial charge in [-0.3, -0.25) is 0 Å². The van der Waals surface area contributed by atoms with E-state index in [4.69, 9.17) is 5.73 Å². The van der Waals surface area contributed by atoms with Gasteiger partial charge in [0.2, 0.25) is 0 Å². The SMILES string of the molecule is CN(CCC1CC2CC(C1)C2)CC1CN(C(=O)Nc2cc(-c3cccs3)ccc2N)C1. The number of hydrogen-bond acceptors (Lipinski definition) is 4. The Morgan fingerprint density at radius 2 is 1.94 bits per heavy atom. The van der Waals surface area contributed by atoms with Gasteiger partial charge in [0.1, 0.15) is 0 Å². The standard InChI is InChI=1S/C25H34N4OS/c1-28(7-6-17-9-18-11-19(10-17)12-18)14-20-15-29(16-20)25(30)27-23-13-21(4-5-22(23)26)24-3-2-8-31-24/h2-5,8,13,17-20H,6-7,9-12,14-16,26H2,1H3,(H,27,30). The van der Waals surface area contributed by atoms with E-state index in [1.165, 1.54) is 43.5 Å². The fraction of sp³-hybridized carbons (Fsp3) is 0.560. The average molecular weight is 439 g/mol. The first-order valence-corrected chi connectivity index (χ1v) is 12.6. The van der Waals surface area contributed by atoms with Gasteiger partial charge in [-0.2, -0.15) is 0 Å². The van der Waals surface area contributed by atoms with Crippen molar-refractivity contribution < 1.29 is 4.79 Å². The molecule has 4 fully saturated rings. The number of thiophene rings is 1. The molecule has 2 bridgehead atoms. The van der Waals surface area contributed by atoms with Crippen LogP contribution in [0, 0.1) is 23.7 Å². The highest BCUT2D eigenvalue weighted by atomic mass is 32.1. The molecule has 1 aromatic heterocycles. The fourth-order valence-electron chi connectivity index (χ4n) is 5.77. The predicted octanol–water partition coefficient (Wildman–Crippen LogP) is 5.22. The molecule has 0 spiro atoms. The highest BCUT2D eigenvalue weighted by molar-refractivity contribution is 7.13. The molecule has 2 amide bonds. The molecule has 5 nitrogen and oxygen atoms in total. The number of nitrogen functional groups attached to an aromatic ring is 1. The highest BCUT2D eigenvalue weighted by Gasteiger charge is 2.38. The van der Waals surface area contributed by atoms with Gasteiger partial charge in [0.25, 0.3) is 0 Å². The second kappa shape index (κ2) is 8.83. The molecule has 4 aliphatic rings. The number of nitrogens with zero attached hydrogens (tertiary/aromatic N) is 2. The van der Waals surface area contributed by atoms with Crippen LogP contribution in [-0.2, 0) is 0 Å². The van der Waals surface area contributed by atoms with Crippen LogP contribution in [0.15, 0.2) is 35.7 Å². The van der Waals surface area contributed by atoms with Gasteiger partial charge in [-0.05, 0) is 92.6 Å². The summed E-state index contributed by atoms with van der Waals surface area (Å²) in [6.45, 7) is 3.93. The lowest BCUT2D eigenvalue weighted by atomic mass is 9.61.